The van der Waals surface area contributed by atoms with Crippen molar-refractivity contribution >= 4 is 17.5 Å². The van der Waals surface area contributed by atoms with Crippen LogP contribution in [0.5, 0.6) is 5.75 Å². The molecule has 0 spiro atoms. The molecule has 2 aromatic rings. The quantitative estimate of drug-likeness (QED) is 0.845. The standard InChI is InChI=1S/C18H18N4O3/c1-25-15-4-2-3-14(6-15)22-9-12(5-17(22)23)18(24)21-8-13-7-19-11-20-16(13)10-21/h2-4,6-7,11-12H,5,8-10H2,1H3. The van der Waals surface area contributed by atoms with Gasteiger partial charge in [-0.25, -0.2) is 9.97 Å². The molecule has 2 aliphatic rings. The molecule has 1 aromatic heterocycles. The van der Waals surface area contributed by atoms with Crippen molar-refractivity contribution in [1.29, 1.82) is 0 Å². The van der Waals surface area contributed by atoms with Gasteiger partial charge in [-0.3, -0.25) is 9.59 Å². The number of ether oxygens (including phenoxy) is 1. The Labute approximate surface area is 145 Å². The highest BCUT2D eigenvalue weighted by Crippen LogP contribution is 2.30. The molecule has 0 aliphatic carbocycles. The normalized spacial score (nSPS) is 19.2. The van der Waals surface area contributed by atoms with Gasteiger partial charge < -0.3 is 14.5 Å². The zero-order valence-electron chi connectivity index (χ0n) is 13.9. The third kappa shape index (κ3) is 2.82. The molecule has 128 valence electrons. The molecule has 0 bridgehead atoms. The zero-order valence-corrected chi connectivity index (χ0v) is 13.9. The summed E-state index contributed by atoms with van der Waals surface area (Å²) in [5, 5.41) is 0. The lowest BCUT2D eigenvalue weighted by molar-refractivity contribution is -0.136. The molecule has 1 fully saturated rings. The van der Waals surface area contributed by atoms with Crippen LogP contribution in [-0.2, 0) is 22.7 Å². The highest BCUT2D eigenvalue weighted by Gasteiger charge is 2.38. The van der Waals surface area contributed by atoms with Crippen LogP contribution in [0, 0.1) is 5.92 Å². The van der Waals surface area contributed by atoms with Crippen molar-refractivity contribution in [3.05, 3.63) is 48.0 Å². The topological polar surface area (TPSA) is 75.6 Å². The lowest BCUT2D eigenvalue weighted by Crippen LogP contribution is -2.34. The minimum Gasteiger partial charge on any atom is -0.497 e. The highest BCUT2D eigenvalue weighted by atomic mass is 16.5. The molecular formula is C18H18N4O3. The molecule has 3 heterocycles. The second-order valence-electron chi connectivity index (χ2n) is 6.30. The van der Waals surface area contributed by atoms with Gasteiger partial charge in [0.1, 0.15) is 12.1 Å². The van der Waals surface area contributed by atoms with Gasteiger partial charge in [-0.05, 0) is 12.1 Å². The number of nitrogens with zero attached hydrogens (tertiary/aromatic N) is 4. The fourth-order valence-corrected chi connectivity index (χ4v) is 3.42. The molecule has 1 aromatic carbocycles. The Kier molecular flexibility index (Phi) is 3.83. The van der Waals surface area contributed by atoms with Crippen molar-refractivity contribution < 1.29 is 14.3 Å². The van der Waals surface area contributed by atoms with E-state index in [1.165, 1.54) is 6.33 Å². The molecule has 7 heteroatoms. The summed E-state index contributed by atoms with van der Waals surface area (Å²) in [5.41, 5.74) is 2.62. The summed E-state index contributed by atoms with van der Waals surface area (Å²) < 4.78 is 5.22. The van der Waals surface area contributed by atoms with Gasteiger partial charge in [0.25, 0.3) is 0 Å². The molecule has 4 rings (SSSR count). The maximum atomic E-state index is 12.8. The summed E-state index contributed by atoms with van der Waals surface area (Å²) in [6.07, 6.45) is 3.48. The van der Waals surface area contributed by atoms with E-state index in [2.05, 4.69) is 9.97 Å². The van der Waals surface area contributed by atoms with E-state index in [0.717, 1.165) is 16.9 Å². The Bertz CT molecular complexity index is 814. The van der Waals surface area contributed by atoms with Crippen molar-refractivity contribution in [2.24, 2.45) is 5.92 Å². The summed E-state index contributed by atoms with van der Waals surface area (Å²) in [5.74, 6) is 0.314. The number of hydrogen-bond donors (Lipinski definition) is 0. The summed E-state index contributed by atoms with van der Waals surface area (Å²) in [6, 6.07) is 7.34. The predicted octanol–water partition coefficient (Wildman–Crippen LogP) is 1.38. The monoisotopic (exact) mass is 338 g/mol. The first-order valence-corrected chi connectivity index (χ1v) is 8.16. The molecule has 0 saturated carbocycles. The number of amides is 2. The SMILES string of the molecule is COc1cccc(N2CC(C(=O)N3Cc4cncnc4C3)CC2=O)c1. The van der Waals surface area contributed by atoms with Crippen molar-refractivity contribution in [2.75, 3.05) is 18.6 Å². The first-order valence-electron chi connectivity index (χ1n) is 8.16. The number of fused-ring (bicyclic) bond motifs is 1. The third-order valence-corrected chi connectivity index (χ3v) is 4.73. The van der Waals surface area contributed by atoms with Crippen molar-refractivity contribution in [3.63, 3.8) is 0 Å². The Morgan fingerprint density at radius 2 is 2.20 bits per heavy atom. The number of methoxy groups -OCH3 is 1. The van der Waals surface area contributed by atoms with E-state index in [1.807, 2.05) is 24.3 Å². The van der Waals surface area contributed by atoms with Crippen molar-refractivity contribution in [3.8, 4) is 5.75 Å². The van der Waals surface area contributed by atoms with Crippen LogP contribution in [0.1, 0.15) is 17.7 Å². The fraction of sp³-hybridized carbons (Fsp3) is 0.333. The van der Waals surface area contributed by atoms with E-state index >= 15 is 0 Å². The minimum absolute atomic E-state index is 0.00301. The number of hydrogen-bond acceptors (Lipinski definition) is 5. The van der Waals surface area contributed by atoms with Gasteiger partial charge in [-0.15, -0.1) is 0 Å². The van der Waals surface area contributed by atoms with Crippen LogP contribution in [0.2, 0.25) is 0 Å². The fourth-order valence-electron chi connectivity index (χ4n) is 3.42. The predicted molar refractivity (Wildman–Crippen MR) is 89.7 cm³/mol. The van der Waals surface area contributed by atoms with E-state index in [-0.39, 0.29) is 24.2 Å². The molecule has 7 nitrogen and oxygen atoms in total. The Hall–Kier alpha value is -2.96. The first kappa shape index (κ1) is 15.6. The minimum atomic E-state index is -0.332. The molecule has 0 radical (unpaired) electrons. The molecule has 1 unspecified atom stereocenters. The number of carbonyl (C=O) groups is 2. The lowest BCUT2D eigenvalue weighted by atomic mass is 10.1. The van der Waals surface area contributed by atoms with Crippen LogP contribution in [0.25, 0.3) is 0 Å². The van der Waals surface area contributed by atoms with Crippen LogP contribution >= 0.6 is 0 Å². The highest BCUT2D eigenvalue weighted by molar-refractivity contribution is 6.00. The van der Waals surface area contributed by atoms with Gasteiger partial charge in [-0.1, -0.05) is 6.07 Å². The number of rotatable bonds is 3. The second kappa shape index (κ2) is 6.16. The van der Waals surface area contributed by atoms with Crippen LogP contribution in [0.3, 0.4) is 0 Å². The summed E-state index contributed by atoms with van der Waals surface area (Å²) in [7, 11) is 1.59. The maximum Gasteiger partial charge on any atom is 0.228 e. The molecule has 25 heavy (non-hydrogen) atoms. The molecule has 2 amide bonds. The van der Waals surface area contributed by atoms with Gasteiger partial charge in [0.05, 0.1) is 25.3 Å². The molecule has 1 atom stereocenters. The van der Waals surface area contributed by atoms with E-state index in [1.54, 1.807) is 23.1 Å². The number of anilines is 1. The van der Waals surface area contributed by atoms with Crippen LogP contribution in [0.4, 0.5) is 5.69 Å². The molecular weight excluding hydrogens is 320 g/mol. The molecule has 2 aliphatic heterocycles. The van der Waals surface area contributed by atoms with Gasteiger partial charge in [0.15, 0.2) is 0 Å². The smallest absolute Gasteiger partial charge is 0.228 e. The largest absolute Gasteiger partial charge is 0.497 e. The van der Waals surface area contributed by atoms with Crippen molar-refractivity contribution in [2.45, 2.75) is 19.5 Å². The summed E-state index contributed by atoms with van der Waals surface area (Å²) in [6.45, 7) is 1.39. The Morgan fingerprint density at radius 1 is 1.32 bits per heavy atom. The Morgan fingerprint density at radius 3 is 3.00 bits per heavy atom. The van der Waals surface area contributed by atoms with Crippen LogP contribution in [-0.4, -0.2) is 40.3 Å². The first-order chi connectivity index (χ1) is 12.2. The number of carbonyl (C=O) groups excluding carboxylic acids is 2. The van der Waals surface area contributed by atoms with Crippen LogP contribution < -0.4 is 9.64 Å². The second-order valence-corrected chi connectivity index (χ2v) is 6.30. The van der Waals surface area contributed by atoms with Gasteiger partial charge in [0, 0.05) is 43.0 Å². The maximum absolute atomic E-state index is 12.8. The van der Waals surface area contributed by atoms with E-state index in [9.17, 15) is 9.59 Å². The summed E-state index contributed by atoms with van der Waals surface area (Å²) in [4.78, 5) is 36.9. The zero-order chi connectivity index (χ0) is 17.4. The van der Waals surface area contributed by atoms with Gasteiger partial charge >= 0.3 is 0 Å². The Balaban J connectivity index is 1.48. The molecule has 1 saturated heterocycles. The van der Waals surface area contributed by atoms with Crippen molar-refractivity contribution in [1.82, 2.24) is 14.9 Å². The summed E-state index contributed by atoms with van der Waals surface area (Å²) >= 11 is 0. The third-order valence-electron chi connectivity index (χ3n) is 4.73. The lowest BCUT2D eigenvalue weighted by Gasteiger charge is -2.20. The van der Waals surface area contributed by atoms with E-state index in [0.29, 0.717) is 25.4 Å². The number of benzene rings is 1. The molecule has 0 N–H and O–H groups in total. The van der Waals surface area contributed by atoms with Crippen LogP contribution in [0.15, 0.2) is 36.8 Å². The average Bonchev–Trinajstić information content (AvgIpc) is 3.24. The average molecular weight is 338 g/mol. The van der Waals surface area contributed by atoms with E-state index < -0.39 is 0 Å². The van der Waals surface area contributed by atoms with Gasteiger partial charge in [-0.2, -0.15) is 0 Å². The number of aromatic nitrogens is 2. The van der Waals surface area contributed by atoms with Gasteiger partial charge in [0.2, 0.25) is 11.8 Å². The van der Waals surface area contributed by atoms with E-state index in [4.69, 9.17) is 4.74 Å².